The second-order valence-corrected chi connectivity index (χ2v) is 13.1. The molecular weight excluding hydrogens is 585 g/mol. The minimum Gasteiger partial charge on any atom is -0.444 e. The van der Waals surface area contributed by atoms with Gasteiger partial charge in [0.2, 0.25) is 0 Å². The average Bonchev–Trinajstić information content (AvgIpc) is 3.47. The van der Waals surface area contributed by atoms with Gasteiger partial charge in [0.25, 0.3) is 5.91 Å². The first-order valence-electron chi connectivity index (χ1n) is 14.4. The van der Waals surface area contributed by atoms with E-state index in [1.807, 2.05) is 12.1 Å². The first-order valence-corrected chi connectivity index (χ1v) is 15.2. The third-order valence-electron chi connectivity index (χ3n) is 7.59. The number of amides is 3. The van der Waals surface area contributed by atoms with E-state index in [2.05, 4.69) is 15.7 Å². The summed E-state index contributed by atoms with van der Waals surface area (Å²) < 4.78 is 45.9. The Balaban J connectivity index is 1.31. The maximum absolute atomic E-state index is 13.5. The molecule has 232 valence electrons. The number of hydroxylamine groups is 1. The predicted molar refractivity (Wildman–Crippen MR) is 155 cm³/mol. The predicted octanol–water partition coefficient (Wildman–Crippen LogP) is 7.16. The Morgan fingerprint density at radius 1 is 0.930 bits per heavy atom. The molecule has 9 nitrogen and oxygen atoms in total. The summed E-state index contributed by atoms with van der Waals surface area (Å²) >= 11 is 1.15. The molecule has 2 aromatic rings. The lowest BCUT2D eigenvalue weighted by Gasteiger charge is -2.32. The fourth-order valence-electron chi connectivity index (χ4n) is 5.60. The highest BCUT2D eigenvalue weighted by molar-refractivity contribution is 7.99. The van der Waals surface area contributed by atoms with Gasteiger partial charge >= 0.3 is 18.4 Å². The van der Waals surface area contributed by atoms with Crippen molar-refractivity contribution < 1.29 is 37.1 Å². The summed E-state index contributed by atoms with van der Waals surface area (Å²) in [4.78, 5) is 48.1. The largest absolute Gasteiger partial charge is 0.444 e. The first-order chi connectivity index (χ1) is 20.3. The molecule has 2 aromatic carbocycles. The van der Waals surface area contributed by atoms with E-state index in [4.69, 9.17) is 9.57 Å². The quantitative estimate of drug-likeness (QED) is 0.351. The highest BCUT2D eigenvalue weighted by Crippen LogP contribution is 2.51. The molecule has 3 aliphatic rings. The number of fused-ring (bicyclic) bond motifs is 2. The van der Waals surface area contributed by atoms with Crippen molar-refractivity contribution in [2.45, 2.75) is 86.9 Å². The van der Waals surface area contributed by atoms with Crippen LogP contribution in [0.2, 0.25) is 0 Å². The zero-order valence-corrected chi connectivity index (χ0v) is 25.1. The van der Waals surface area contributed by atoms with Gasteiger partial charge < -0.3 is 19.8 Å². The third kappa shape index (κ3) is 7.31. The maximum atomic E-state index is 13.5. The molecule has 5 rings (SSSR count). The number of hydrogen-bond donors (Lipinski definition) is 2. The minimum atomic E-state index is -4.55. The van der Waals surface area contributed by atoms with Gasteiger partial charge in [-0.05, 0) is 89.3 Å². The molecule has 2 fully saturated rings. The van der Waals surface area contributed by atoms with E-state index in [0.717, 1.165) is 55.5 Å². The molecule has 2 atom stereocenters. The Labute approximate surface area is 252 Å². The number of halogens is 3. The van der Waals surface area contributed by atoms with Crippen molar-refractivity contribution in [1.29, 1.82) is 0 Å². The van der Waals surface area contributed by atoms with Gasteiger partial charge in [0.1, 0.15) is 5.60 Å². The van der Waals surface area contributed by atoms with Crippen molar-refractivity contribution in [3.63, 3.8) is 0 Å². The van der Waals surface area contributed by atoms with Crippen LogP contribution < -0.4 is 20.6 Å². The molecule has 43 heavy (non-hydrogen) atoms. The van der Waals surface area contributed by atoms with E-state index >= 15 is 0 Å². The van der Waals surface area contributed by atoms with Crippen molar-refractivity contribution in [1.82, 2.24) is 10.8 Å². The second kappa shape index (κ2) is 12.2. The summed E-state index contributed by atoms with van der Waals surface area (Å²) in [6.45, 7) is 7.05. The third-order valence-corrected chi connectivity index (χ3v) is 8.68. The minimum absolute atomic E-state index is 0.220. The van der Waals surface area contributed by atoms with Gasteiger partial charge in [-0.25, -0.2) is 14.5 Å². The highest BCUT2D eigenvalue weighted by Gasteiger charge is 2.36. The molecule has 0 spiro atoms. The molecular formula is C30H35F3N4O5S. The van der Waals surface area contributed by atoms with E-state index in [9.17, 15) is 27.6 Å². The summed E-state index contributed by atoms with van der Waals surface area (Å²) in [5, 5.41) is 2.80. The number of ether oxygens (including phenoxy) is 1. The fourth-order valence-corrected chi connectivity index (χ4v) is 6.73. The van der Waals surface area contributed by atoms with Gasteiger partial charge in [-0.2, -0.15) is 18.7 Å². The first kappa shape index (κ1) is 30.8. The van der Waals surface area contributed by atoms with Crippen molar-refractivity contribution in [2.75, 3.05) is 22.9 Å². The summed E-state index contributed by atoms with van der Waals surface area (Å²) in [5.74, 6) is -1.04. The van der Waals surface area contributed by atoms with E-state index in [0.29, 0.717) is 36.3 Å². The number of anilines is 3. The van der Waals surface area contributed by atoms with Gasteiger partial charge in [0, 0.05) is 40.5 Å². The molecule has 1 aliphatic carbocycles. The maximum Gasteiger partial charge on any atom is 0.443 e. The average molecular weight is 621 g/mol. The Kier molecular flexibility index (Phi) is 8.73. The molecule has 2 heterocycles. The molecule has 1 saturated carbocycles. The molecule has 13 heteroatoms. The van der Waals surface area contributed by atoms with Crippen LogP contribution in [-0.2, 0) is 20.5 Å². The van der Waals surface area contributed by atoms with Crippen LogP contribution >= 0.6 is 11.8 Å². The van der Waals surface area contributed by atoms with Gasteiger partial charge in [-0.1, -0.05) is 18.2 Å². The molecule has 0 radical (unpaired) electrons. The smallest absolute Gasteiger partial charge is 0.443 e. The molecule has 2 N–H and O–H groups in total. The van der Waals surface area contributed by atoms with Crippen molar-refractivity contribution >= 4 is 46.9 Å². The summed E-state index contributed by atoms with van der Waals surface area (Å²) in [6, 6.07) is 8.38. The van der Waals surface area contributed by atoms with Gasteiger partial charge in [0.05, 0.1) is 16.9 Å². The van der Waals surface area contributed by atoms with E-state index in [-0.39, 0.29) is 16.6 Å². The summed E-state index contributed by atoms with van der Waals surface area (Å²) in [5.41, 5.74) is 2.35. The molecule has 0 aromatic heterocycles. The number of nitrogens with one attached hydrogen (secondary N) is 2. The molecule has 2 aliphatic heterocycles. The summed E-state index contributed by atoms with van der Waals surface area (Å²) in [7, 11) is 0. The fraction of sp³-hybridized carbons (Fsp3) is 0.500. The number of rotatable bonds is 3. The SMILES string of the molecule is CC(C)(C)OC(=O)NC1CCCC(C(=O)NOC(=O)N2c3ccc(N4CCCC4)cc3Sc3cc(C(F)(F)F)ccc32)C1. The molecule has 2 unspecified atom stereocenters. The van der Waals surface area contributed by atoms with Crippen LogP contribution in [0.1, 0.15) is 64.9 Å². The van der Waals surface area contributed by atoms with E-state index in [1.165, 1.54) is 11.0 Å². The lowest BCUT2D eigenvalue weighted by molar-refractivity contribution is -0.137. The van der Waals surface area contributed by atoms with Crippen molar-refractivity contribution in [3.05, 3.63) is 42.0 Å². The van der Waals surface area contributed by atoms with Crippen LogP contribution in [0.5, 0.6) is 0 Å². The highest BCUT2D eigenvalue weighted by atomic mass is 32.2. The topological polar surface area (TPSA) is 100 Å². The van der Waals surface area contributed by atoms with Crippen molar-refractivity contribution in [3.8, 4) is 0 Å². The Morgan fingerprint density at radius 3 is 2.28 bits per heavy atom. The van der Waals surface area contributed by atoms with Gasteiger partial charge in [0.15, 0.2) is 0 Å². The monoisotopic (exact) mass is 620 g/mol. The zero-order valence-electron chi connectivity index (χ0n) is 24.3. The summed E-state index contributed by atoms with van der Waals surface area (Å²) in [6.07, 6.45) is -1.72. The number of alkyl halides is 3. The van der Waals surface area contributed by atoms with Crippen molar-refractivity contribution in [2.24, 2.45) is 5.92 Å². The van der Waals surface area contributed by atoms with E-state index < -0.39 is 41.4 Å². The normalized spacial score (nSPS) is 20.1. The number of hydrogen-bond acceptors (Lipinski definition) is 7. The Morgan fingerprint density at radius 2 is 1.60 bits per heavy atom. The number of carbonyl (C=O) groups is 3. The van der Waals surface area contributed by atoms with Crippen LogP contribution in [0.15, 0.2) is 46.2 Å². The number of carbonyl (C=O) groups excluding carboxylic acids is 3. The standard InChI is InChI=1S/C30H35F3N4O5S/c1-29(2,3)41-27(39)34-20-8-6-7-18(15-20)26(38)35-42-28(40)37-22-11-9-19(30(31,32)33)16-24(22)43-25-17-21(10-12-23(25)37)36-13-4-5-14-36/h9-12,16-18,20H,4-8,13-15H2,1-3H3,(H,34,39)(H,35,38). The molecule has 0 bridgehead atoms. The van der Waals surface area contributed by atoms with E-state index in [1.54, 1.807) is 26.8 Å². The van der Waals surface area contributed by atoms with Crippen LogP contribution in [0.25, 0.3) is 0 Å². The van der Waals surface area contributed by atoms with Gasteiger partial charge in [-0.15, -0.1) is 0 Å². The molecule has 3 amide bonds. The lowest BCUT2D eigenvalue weighted by Crippen LogP contribution is -2.45. The number of nitrogens with zero attached hydrogens (tertiary/aromatic N) is 2. The van der Waals surface area contributed by atoms with Crippen LogP contribution in [0.4, 0.5) is 39.8 Å². The van der Waals surface area contributed by atoms with Crippen LogP contribution in [0, 0.1) is 5.92 Å². The van der Waals surface area contributed by atoms with Gasteiger partial charge in [-0.3, -0.25) is 4.79 Å². The Bertz CT molecular complexity index is 1390. The second-order valence-electron chi connectivity index (χ2n) is 12.0. The number of alkyl carbamates (subject to hydrolysis) is 1. The number of benzene rings is 2. The van der Waals surface area contributed by atoms with Crippen LogP contribution in [0.3, 0.4) is 0 Å². The Hall–Kier alpha value is -3.61. The zero-order chi connectivity index (χ0) is 30.9. The van der Waals surface area contributed by atoms with Crippen LogP contribution in [-0.4, -0.2) is 42.8 Å². The molecule has 1 saturated heterocycles. The lowest BCUT2D eigenvalue weighted by atomic mass is 9.85.